The number of para-hydroxylation sites is 2. The minimum absolute atomic E-state index is 0.822. The molecule has 2 aromatic carbocycles. The standard InChI is InChI=1S/C32H20N6/c1-3-9-27-23(7-1)31-29(11-5-17-33-31)37(27)21-13-15-25(35-19-21)26-16-14-22(20-36-26)38-28-10-4-2-8-24(28)32-30(38)12-6-18-34-32/h1-20H. The second kappa shape index (κ2) is 8.08. The summed E-state index contributed by atoms with van der Waals surface area (Å²) in [4.78, 5) is 18.8. The summed E-state index contributed by atoms with van der Waals surface area (Å²) in [5.74, 6) is 0. The van der Waals surface area contributed by atoms with Gasteiger partial charge in [0.2, 0.25) is 0 Å². The normalized spacial score (nSPS) is 11.7. The number of benzene rings is 2. The maximum absolute atomic E-state index is 4.79. The van der Waals surface area contributed by atoms with E-state index in [9.17, 15) is 0 Å². The van der Waals surface area contributed by atoms with Crippen LogP contribution in [0, 0.1) is 0 Å². The second-order valence-electron chi connectivity index (χ2n) is 9.25. The van der Waals surface area contributed by atoms with Gasteiger partial charge in [-0.05, 0) is 60.7 Å². The molecule has 0 fully saturated rings. The third kappa shape index (κ3) is 3.01. The molecule has 0 spiro atoms. The van der Waals surface area contributed by atoms with Crippen LogP contribution in [0.5, 0.6) is 0 Å². The largest absolute Gasteiger partial charge is 0.306 e. The Morgan fingerprint density at radius 3 is 1.29 bits per heavy atom. The maximum Gasteiger partial charge on any atom is 0.0963 e. The average Bonchev–Trinajstić information content (AvgIpc) is 3.51. The van der Waals surface area contributed by atoms with Gasteiger partial charge >= 0.3 is 0 Å². The van der Waals surface area contributed by atoms with E-state index < -0.39 is 0 Å². The lowest BCUT2D eigenvalue weighted by molar-refractivity contribution is 1.12. The first-order valence-electron chi connectivity index (χ1n) is 12.5. The summed E-state index contributed by atoms with van der Waals surface area (Å²) in [6, 6.07) is 33.0. The molecule has 8 rings (SSSR count). The molecule has 8 aromatic rings. The van der Waals surface area contributed by atoms with Crippen LogP contribution in [0.25, 0.3) is 66.6 Å². The predicted molar refractivity (Wildman–Crippen MR) is 152 cm³/mol. The van der Waals surface area contributed by atoms with E-state index in [1.165, 1.54) is 0 Å². The summed E-state index contributed by atoms with van der Waals surface area (Å²) in [5.41, 5.74) is 9.95. The summed E-state index contributed by atoms with van der Waals surface area (Å²) in [7, 11) is 0. The van der Waals surface area contributed by atoms with Crippen LogP contribution in [0.1, 0.15) is 0 Å². The number of aromatic nitrogens is 6. The van der Waals surface area contributed by atoms with Crippen molar-refractivity contribution < 1.29 is 0 Å². The van der Waals surface area contributed by atoms with Crippen molar-refractivity contribution in [3.63, 3.8) is 0 Å². The number of hydrogen-bond donors (Lipinski definition) is 0. The molecule has 6 nitrogen and oxygen atoms in total. The molecule has 0 unspecified atom stereocenters. The molecule has 38 heavy (non-hydrogen) atoms. The zero-order valence-corrected chi connectivity index (χ0v) is 20.2. The molecule has 0 bridgehead atoms. The lowest BCUT2D eigenvalue weighted by Crippen LogP contribution is -1.97. The van der Waals surface area contributed by atoms with Gasteiger partial charge in [-0.3, -0.25) is 19.9 Å². The summed E-state index contributed by atoms with van der Waals surface area (Å²) in [6.07, 6.45) is 7.49. The van der Waals surface area contributed by atoms with Gasteiger partial charge in [-0.2, -0.15) is 0 Å². The molecule has 0 atom stereocenters. The fourth-order valence-electron chi connectivity index (χ4n) is 5.46. The molecule has 0 saturated carbocycles. The van der Waals surface area contributed by atoms with Crippen LogP contribution < -0.4 is 0 Å². The third-order valence-corrected chi connectivity index (χ3v) is 7.13. The highest BCUT2D eigenvalue weighted by molar-refractivity contribution is 6.07. The zero-order valence-electron chi connectivity index (χ0n) is 20.2. The summed E-state index contributed by atoms with van der Waals surface area (Å²) >= 11 is 0. The van der Waals surface area contributed by atoms with E-state index >= 15 is 0 Å². The quantitative estimate of drug-likeness (QED) is 0.265. The molecule has 6 heteroatoms. The van der Waals surface area contributed by atoms with Gasteiger partial charge in [0.05, 0.1) is 68.3 Å². The highest BCUT2D eigenvalue weighted by Gasteiger charge is 2.15. The number of rotatable bonds is 3. The molecular weight excluding hydrogens is 468 g/mol. The van der Waals surface area contributed by atoms with E-state index in [0.717, 1.165) is 66.6 Å². The van der Waals surface area contributed by atoms with Gasteiger partial charge in [-0.25, -0.2) is 0 Å². The summed E-state index contributed by atoms with van der Waals surface area (Å²) in [5, 5.41) is 2.26. The fourth-order valence-corrected chi connectivity index (χ4v) is 5.46. The van der Waals surface area contributed by atoms with Crippen LogP contribution in [0.2, 0.25) is 0 Å². The third-order valence-electron chi connectivity index (χ3n) is 7.13. The first-order valence-corrected chi connectivity index (χ1v) is 12.5. The van der Waals surface area contributed by atoms with Crippen LogP contribution in [0.15, 0.2) is 122 Å². The van der Waals surface area contributed by atoms with E-state index in [1.807, 2.05) is 61.2 Å². The van der Waals surface area contributed by atoms with Crippen molar-refractivity contribution in [3.05, 3.63) is 122 Å². The lowest BCUT2D eigenvalue weighted by Gasteiger charge is -2.10. The Labute approximate surface area is 217 Å². The van der Waals surface area contributed by atoms with Gasteiger partial charge in [0.15, 0.2) is 0 Å². The van der Waals surface area contributed by atoms with Crippen molar-refractivity contribution in [1.82, 2.24) is 29.1 Å². The van der Waals surface area contributed by atoms with E-state index in [0.29, 0.717) is 0 Å². The molecular formula is C32H20N6. The fraction of sp³-hybridized carbons (Fsp3) is 0. The molecule has 0 aliphatic carbocycles. The summed E-state index contributed by atoms with van der Waals surface area (Å²) in [6.45, 7) is 0. The number of nitrogens with zero attached hydrogens (tertiary/aromatic N) is 6. The van der Waals surface area contributed by atoms with Crippen LogP contribution in [-0.2, 0) is 0 Å². The van der Waals surface area contributed by atoms with Gasteiger partial charge in [0, 0.05) is 23.2 Å². The van der Waals surface area contributed by atoms with Crippen molar-refractivity contribution in [3.8, 4) is 22.8 Å². The van der Waals surface area contributed by atoms with Gasteiger partial charge in [0.1, 0.15) is 0 Å². The first-order chi connectivity index (χ1) is 18.9. The molecule has 0 radical (unpaired) electrons. The van der Waals surface area contributed by atoms with Crippen molar-refractivity contribution in [1.29, 1.82) is 0 Å². The lowest BCUT2D eigenvalue weighted by atomic mass is 10.2. The molecule has 0 aliphatic heterocycles. The first kappa shape index (κ1) is 20.8. The monoisotopic (exact) mass is 488 g/mol. The Kier molecular flexibility index (Phi) is 4.42. The van der Waals surface area contributed by atoms with Crippen molar-refractivity contribution in [2.45, 2.75) is 0 Å². The molecule has 178 valence electrons. The highest BCUT2D eigenvalue weighted by Crippen LogP contribution is 2.32. The maximum atomic E-state index is 4.79. The second-order valence-corrected chi connectivity index (χ2v) is 9.25. The van der Waals surface area contributed by atoms with E-state index in [-0.39, 0.29) is 0 Å². The molecule has 0 saturated heterocycles. The van der Waals surface area contributed by atoms with Gasteiger partial charge < -0.3 is 9.13 Å². The van der Waals surface area contributed by atoms with Crippen LogP contribution in [-0.4, -0.2) is 29.1 Å². The van der Waals surface area contributed by atoms with Crippen molar-refractivity contribution in [2.75, 3.05) is 0 Å². The SMILES string of the molecule is c1ccc2c(c1)c1ncccc1n2-c1ccc(-c2ccc(-n3c4ccccc4c4ncccc43)cn2)nc1. The zero-order chi connectivity index (χ0) is 25.1. The number of fused-ring (bicyclic) bond motifs is 6. The molecule has 0 amide bonds. The van der Waals surface area contributed by atoms with Gasteiger partial charge in [0.25, 0.3) is 0 Å². The van der Waals surface area contributed by atoms with Gasteiger partial charge in [-0.15, -0.1) is 0 Å². The smallest absolute Gasteiger partial charge is 0.0963 e. The van der Waals surface area contributed by atoms with Crippen molar-refractivity contribution >= 4 is 43.9 Å². The van der Waals surface area contributed by atoms with Crippen LogP contribution in [0.4, 0.5) is 0 Å². The Morgan fingerprint density at radius 1 is 0.395 bits per heavy atom. The molecule has 0 aliphatic rings. The molecule has 6 heterocycles. The van der Waals surface area contributed by atoms with Crippen molar-refractivity contribution in [2.24, 2.45) is 0 Å². The van der Waals surface area contributed by atoms with E-state index in [1.54, 1.807) is 0 Å². The molecule has 0 N–H and O–H groups in total. The topological polar surface area (TPSA) is 61.4 Å². The highest BCUT2D eigenvalue weighted by atomic mass is 15.0. The van der Waals surface area contributed by atoms with E-state index in [4.69, 9.17) is 9.97 Å². The number of hydrogen-bond acceptors (Lipinski definition) is 4. The average molecular weight is 489 g/mol. The van der Waals surface area contributed by atoms with Crippen LogP contribution in [0.3, 0.4) is 0 Å². The number of pyridine rings is 4. The minimum atomic E-state index is 0.822. The minimum Gasteiger partial charge on any atom is -0.306 e. The Morgan fingerprint density at radius 2 is 0.842 bits per heavy atom. The Bertz CT molecular complexity index is 1860. The Balaban J connectivity index is 1.20. The summed E-state index contributed by atoms with van der Waals surface area (Å²) < 4.78 is 4.42. The molecule has 6 aromatic heterocycles. The van der Waals surface area contributed by atoms with Gasteiger partial charge in [-0.1, -0.05) is 36.4 Å². The predicted octanol–water partition coefficient (Wildman–Crippen LogP) is 7.13. The van der Waals surface area contributed by atoms with Crippen LogP contribution >= 0.6 is 0 Å². The Hall–Kier alpha value is -5.36. The van der Waals surface area contributed by atoms with E-state index in [2.05, 4.69) is 79.8 Å².